The first-order valence-electron chi connectivity index (χ1n) is 5.64. The molecule has 1 atom stereocenters. The van der Waals surface area contributed by atoms with E-state index in [1.165, 1.54) is 0 Å². The van der Waals surface area contributed by atoms with E-state index in [2.05, 4.69) is 9.97 Å². The van der Waals surface area contributed by atoms with Crippen molar-refractivity contribution in [3.05, 3.63) is 45.4 Å². The van der Waals surface area contributed by atoms with Gasteiger partial charge < -0.3 is 5.11 Å². The normalized spacial score (nSPS) is 13.0. The van der Waals surface area contributed by atoms with E-state index in [0.29, 0.717) is 6.42 Å². The highest BCUT2D eigenvalue weighted by molar-refractivity contribution is 7.17. The Kier molecular flexibility index (Phi) is 3.11. The largest absolute Gasteiger partial charge is 0.388 e. The van der Waals surface area contributed by atoms with E-state index in [-0.39, 0.29) is 0 Å². The van der Waals surface area contributed by atoms with Crippen LogP contribution in [0.25, 0.3) is 10.2 Å². The number of aliphatic hydroxyl groups is 1. The molecule has 5 heteroatoms. The Morgan fingerprint density at radius 1 is 1.39 bits per heavy atom. The number of hydrogen-bond donors (Lipinski definition) is 1. The molecule has 92 valence electrons. The van der Waals surface area contributed by atoms with Crippen molar-refractivity contribution in [2.45, 2.75) is 19.4 Å². The molecule has 1 N–H and O–H groups in total. The molecular formula is C13H12N2OS2. The topological polar surface area (TPSA) is 46.0 Å². The van der Waals surface area contributed by atoms with Crippen LogP contribution in [0.5, 0.6) is 0 Å². The Hall–Kier alpha value is -1.30. The van der Waals surface area contributed by atoms with Crippen LogP contribution in [0.15, 0.2) is 29.1 Å². The summed E-state index contributed by atoms with van der Waals surface area (Å²) in [6.07, 6.45) is 1.76. The molecule has 0 saturated heterocycles. The summed E-state index contributed by atoms with van der Waals surface area (Å²) >= 11 is 3.25. The number of nitrogens with zero attached hydrogens (tertiary/aromatic N) is 2. The molecule has 0 fully saturated rings. The lowest BCUT2D eigenvalue weighted by molar-refractivity contribution is 0.177. The summed E-state index contributed by atoms with van der Waals surface area (Å²) in [5, 5.41) is 15.2. The number of aryl methyl sites for hydroxylation is 1. The Morgan fingerprint density at radius 2 is 2.28 bits per heavy atom. The van der Waals surface area contributed by atoms with Gasteiger partial charge in [0.25, 0.3) is 0 Å². The fourth-order valence-corrected chi connectivity index (χ4v) is 3.28. The summed E-state index contributed by atoms with van der Waals surface area (Å²) in [6.45, 7) is 1.97. The summed E-state index contributed by atoms with van der Waals surface area (Å²) in [6, 6.07) is 4.00. The first kappa shape index (κ1) is 11.8. The summed E-state index contributed by atoms with van der Waals surface area (Å²) in [4.78, 5) is 8.71. The third kappa shape index (κ3) is 2.29. The summed E-state index contributed by atoms with van der Waals surface area (Å²) in [5.74, 6) is 0. The van der Waals surface area contributed by atoms with Gasteiger partial charge in [-0.05, 0) is 24.4 Å². The van der Waals surface area contributed by atoms with E-state index < -0.39 is 6.10 Å². The van der Waals surface area contributed by atoms with Crippen LogP contribution < -0.4 is 0 Å². The van der Waals surface area contributed by atoms with Crippen molar-refractivity contribution in [2.24, 2.45) is 0 Å². The third-order valence-electron chi connectivity index (χ3n) is 2.78. The van der Waals surface area contributed by atoms with Crippen LogP contribution in [-0.2, 0) is 6.42 Å². The van der Waals surface area contributed by atoms with Crippen LogP contribution in [0, 0.1) is 6.92 Å². The average molecular weight is 276 g/mol. The number of rotatable bonds is 3. The van der Waals surface area contributed by atoms with Gasteiger partial charge in [0.1, 0.15) is 0 Å². The van der Waals surface area contributed by atoms with Gasteiger partial charge in [0.05, 0.1) is 27.0 Å². The number of pyridine rings is 1. The van der Waals surface area contributed by atoms with E-state index in [4.69, 9.17) is 0 Å². The van der Waals surface area contributed by atoms with Crippen LogP contribution in [-0.4, -0.2) is 15.1 Å². The number of hydrogen-bond acceptors (Lipinski definition) is 5. The molecule has 3 heterocycles. The van der Waals surface area contributed by atoms with Gasteiger partial charge in [-0.2, -0.15) is 0 Å². The number of fused-ring (bicyclic) bond motifs is 1. The van der Waals surface area contributed by atoms with Gasteiger partial charge in [0, 0.05) is 23.6 Å². The lowest BCUT2D eigenvalue weighted by atomic mass is 10.1. The van der Waals surface area contributed by atoms with Crippen molar-refractivity contribution in [2.75, 3.05) is 0 Å². The van der Waals surface area contributed by atoms with E-state index in [0.717, 1.165) is 26.5 Å². The molecule has 0 bridgehead atoms. The quantitative estimate of drug-likeness (QED) is 0.798. The second kappa shape index (κ2) is 4.76. The van der Waals surface area contributed by atoms with E-state index in [9.17, 15) is 5.11 Å². The monoisotopic (exact) mass is 276 g/mol. The van der Waals surface area contributed by atoms with E-state index >= 15 is 0 Å². The lowest BCUT2D eigenvalue weighted by Gasteiger charge is -2.08. The number of aromatic nitrogens is 2. The Morgan fingerprint density at radius 3 is 3.06 bits per heavy atom. The van der Waals surface area contributed by atoms with Crippen LogP contribution in [0.4, 0.5) is 0 Å². The van der Waals surface area contributed by atoms with Gasteiger partial charge in [0.15, 0.2) is 0 Å². The molecule has 0 radical (unpaired) electrons. The van der Waals surface area contributed by atoms with Crippen molar-refractivity contribution in [1.29, 1.82) is 0 Å². The highest BCUT2D eigenvalue weighted by Crippen LogP contribution is 2.24. The smallest absolute Gasteiger partial charge is 0.0897 e. The molecule has 0 aliphatic carbocycles. The highest BCUT2D eigenvalue weighted by Gasteiger charge is 2.12. The Bertz CT molecular complexity index is 674. The molecule has 3 rings (SSSR count). The van der Waals surface area contributed by atoms with Gasteiger partial charge in [-0.1, -0.05) is 0 Å². The minimum Gasteiger partial charge on any atom is -0.388 e. The van der Waals surface area contributed by atoms with E-state index in [1.807, 2.05) is 29.8 Å². The first-order chi connectivity index (χ1) is 8.72. The standard InChI is InChI=1S/C13H12N2OS2/c1-8-15-10(7-18-8)5-12(16)9-4-13-11(14-6-9)2-3-17-13/h2-4,6-7,12,16H,5H2,1H3. The molecule has 0 aromatic carbocycles. The van der Waals surface area contributed by atoms with Crippen molar-refractivity contribution in [1.82, 2.24) is 9.97 Å². The fourth-order valence-electron chi connectivity index (χ4n) is 1.86. The molecule has 1 unspecified atom stereocenters. The molecule has 18 heavy (non-hydrogen) atoms. The molecule has 0 amide bonds. The van der Waals surface area contributed by atoms with Gasteiger partial charge in [-0.3, -0.25) is 4.98 Å². The Balaban J connectivity index is 1.84. The van der Waals surface area contributed by atoms with Crippen LogP contribution in [0.3, 0.4) is 0 Å². The van der Waals surface area contributed by atoms with Crippen LogP contribution in [0.1, 0.15) is 22.4 Å². The number of aliphatic hydroxyl groups excluding tert-OH is 1. The third-order valence-corrected chi connectivity index (χ3v) is 4.45. The fraction of sp³-hybridized carbons (Fsp3) is 0.231. The molecule has 3 nitrogen and oxygen atoms in total. The van der Waals surface area contributed by atoms with Crippen molar-refractivity contribution < 1.29 is 5.11 Å². The minimum atomic E-state index is -0.537. The zero-order chi connectivity index (χ0) is 12.5. The number of thiophene rings is 1. The van der Waals surface area contributed by atoms with Gasteiger partial charge in [-0.25, -0.2) is 4.98 Å². The molecule has 0 aliphatic rings. The Labute approximate surface area is 113 Å². The van der Waals surface area contributed by atoms with Crippen molar-refractivity contribution in [3.8, 4) is 0 Å². The SMILES string of the molecule is Cc1nc(CC(O)c2cnc3ccsc3c2)cs1. The van der Waals surface area contributed by atoms with Gasteiger partial charge in [0.2, 0.25) is 0 Å². The maximum atomic E-state index is 10.2. The van der Waals surface area contributed by atoms with Gasteiger partial charge >= 0.3 is 0 Å². The van der Waals surface area contributed by atoms with Crippen LogP contribution >= 0.6 is 22.7 Å². The first-order valence-corrected chi connectivity index (χ1v) is 7.40. The second-order valence-corrected chi connectivity index (χ2v) is 6.16. The molecule has 0 spiro atoms. The minimum absolute atomic E-state index is 0.537. The predicted molar refractivity (Wildman–Crippen MR) is 75.1 cm³/mol. The highest BCUT2D eigenvalue weighted by atomic mass is 32.1. The molecule has 0 saturated carbocycles. The maximum Gasteiger partial charge on any atom is 0.0897 e. The maximum absolute atomic E-state index is 10.2. The summed E-state index contributed by atoms with van der Waals surface area (Å²) in [5.41, 5.74) is 2.78. The van der Waals surface area contributed by atoms with Crippen LogP contribution in [0.2, 0.25) is 0 Å². The lowest BCUT2D eigenvalue weighted by Crippen LogP contribution is -2.02. The summed E-state index contributed by atoms with van der Waals surface area (Å²) < 4.78 is 1.11. The zero-order valence-electron chi connectivity index (χ0n) is 9.83. The van der Waals surface area contributed by atoms with Crippen molar-refractivity contribution in [3.63, 3.8) is 0 Å². The average Bonchev–Trinajstić information content (AvgIpc) is 2.96. The second-order valence-electron chi connectivity index (χ2n) is 4.15. The predicted octanol–water partition coefficient (Wildman–Crippen LogP) is 3.34. The summed E-state index contributed by atoms with van der Waals surface area (Å²) in [7, 11) is 0. The number of thiazole rings is 1. The van der Waals surface area contributed by atoms with Crippen molar-refractivity contribution >= 4 is 32.9 Å². The zero-order valence-corrected chi connectivity index (χ0v) is 11.5. The molecular weight excluding hydrogens is 264 g/mol. The van der Waals surface area contributed by atoms with E-state index in [1.54, 1.807) is 28.9 Å². The molecule has 3 aromatic heterocycles. The van der Waals surface area contributed by atoms with Gasteiger partial charge in [-0.15, -0.1) is 22.7 Å². The molecule has 3 aromatic rings. The molecule has 0 aliphatic heterocycles.